The SMILES string of the molecule is COC(=O)C(Cc1ccccc1)NC(=O)N[C@@H](CC(C)C)C(=O)N[C@@H](Cc1ccc(OCc2ccccc2)cc1)C(=O)OC(C)(C)C. The van der Waals surface area contributed by atoms with Crippen molar-refractivity contribution < 1.29 is 33.4 Å². The molecule has 47 heavy (non-hydrogen) atoms. The molecule has 0 saturated carbocycles. The molecule has 252 valence electrons. The zero-order chi connectivity index (χ0) is 34.4. The molecular formula is C37H47N3O7. The monoisotopic (exact) mass is 645 g/mol. The number of amides is 3. The van der Waals surface area contributed by atoms with E-state index in [9.17, 15) is 19.2 Å². The molecule has 0 aliphatic carbocycles. The topological polar surface area (TPSA) is 132 Å². The third kappa shape index (κ3) is 13.2. The highest BCUT2D eigenvalue weighted by Crippen LogP contribution is 2.17. The number of nitrogens with one attached hydrogen (secondary N) is 3. The average molecular weight is 646 g/mol. The van der Waals surface area contributed by atoms with Crippen molar-refractivity contribution in [1.29, 1.82) is 0 Å². The number of ether oxygens (including phenoxy) is 3. The average Bonchev–Trinajstić information content (AvgIpc) is 3.03. The van der Waals surface area contributed by atoms with E-state index in [-0.39, 0.29) is 25.2 Å². The normalized spacial score (nSPS) is 13.1. The molecule has 0 spiro atoms. The maximum atomic E-state index is 13.7. The van der Waals surface area contributed by atoms with Crippen molar-refractivity contribution in [2.24, 2.45) is 5.92 Å². The van der Waals surface area contributed by atoms with Gasteiger partial charge in [-0.05, 0) is 61.9 Å². The van der Waals surface area contributed by atoms with Crippen LogP contribution < -0.4 is 20.7 Å². The number of carbonyl (C=O) groups excluding carboxylic acids is 4. The molecular weight excluding hydrogens is 598 g/mol. The van der Waals surface area contributed by atoms with Gasteiger partial charge in [0.05, 0.1) is 7.11 Å². The van der Waals surface area contributed by atoms with Gasteiger partial charge in [-0.25, -0.2) is 14.4 Å². The minimum absolute atomic E-state index is 0.0233. The lowest BCUT2D eigenvalue weighted by Crippen LogP contribution is -2.56. The van der Waals surface area contributed by atoms with Crippen molar-refractivity contribution in [3.05, 3.63) is 102 Å². The predicted molar refractivity (Wildman–Crippen MR) is 180 cm³/mol. The van der Waals surface area contributed by atoms with Crippen LogP contribution in [0.3, 0.4) is 0 Å². The van der Waals surface area contributed by atoms with Crippen LogP contribution in [0.1, 0.15) is 57.7 Å². The Labute approximate surface area is 277 Å². The number of carbonyl (C=O) groups is 4. The third-order valence-corrected chi connectivity index (χ3v) is 7.02. The molecule has 1 unspecified atom stereocenters. The van der Waals surface area contributed by atoms with Gasteiger partial charge in [-0.1, -0.05) is 86.6 Å². The number of methoxy groups -OCH3 is 1. The predicted octanol–water partition coefficient (Wildman–Crippen LogP) is 5.13. The van der Waals surface area contributed by atoms with Gasteiger partial charge in [0, 0.05) is 12.8 Å². The van der Waals surface area contributed by atoms with Crippen LogP contribution in [0.2, 0.25) is 0 Å². The summed E-state index contributed by atoms with van der Waals surface area (Å²) < 4.78 is 16.4. The standard InChI is InChI=1S/C37H47N3O7/c1-25(2)21-30(39-36(44)40-31(34(42)45-6)22-26-13-9-7-10-14-26)33(41)38-32(35(43)47-37(3,4)5)23-27-17-19-29(20-18-27)46-24-28-15-11-8-12-16-28/h7-20,25,30-32H,21-24H2,1-6H3,(H,38,41)(H2,39,40,44)/t30-,31?,32-/m0/s1. The minimum Gasteiger partial charge on any atom is -0.489 e. The van der Waals surface area contributed by atoms with Gasteiger partial charge in [0.2, 0.25) is 5.91 Å². The number of hydrogen-bond donors (Lipinski definition) is 3. The van der Waals surface area contributed by atoms with Crippen molar-refractivity contribution in [3.8, 4) is 5.75 Å². The van der Waals surface area contributed by atoms with E-state index in [0.29, 0.717) is 12.4 Å². The van der Waals surface area contributed by atoms with E-state index in [1.165, 1.54) is 7.11 Å². The Morgan fingerprint density at radius 2 is 1.17 bits per heavy atom. The van der Waals surface area contributed by atoms with Gasteiger partial charge in [0.1, 0.15) is 36.1 Å². The Morgan fingerprint density at radius 3 is 1.70 bits per heavy atom. The fourth-order valence-corrected chi connectivity index (χ4v) is 4.78. The summed E-state index contributed by atoms with van der Waals surface area (Å²) in [7, 11) is 1.25. The number of rotatable bonds is 15. The first-order valence-electron chi connectivity index (χ1n) is 15.8. The second-order valence-corrected chi connectivity index (χ2v) is 12.8. The van der Waals surface area contributed by atoms with Crippen LogP contribution in [-0.4, -0.2) is 54.7 Å². The lowest BCUT2D eigenvalue weighted by molar-refractivity contribution is -0.158. The second-order valence-electron chi connectivity index (χ2n) is 12.8. The Hall–Kier alpha value is -4.86. The first-order chi connectivity index (χ1) is 22.3. The van der Waals surface area contributed by atoms with E-state index in [1.807, 2.05) is 98.8 Å². The Morgan fingerprint density at radius 1 is 0.660 bits per heavy atom. The molecule has 3 amide bonds. The summed E-state index contributed by atoms with van der Waals surface area (Å²) in [6, 6.07) is 22.6. The minimum atomic E-state index is -1.03. The first kappa shape index (κ1) is 36.6. The van der Waals surface area contributed by atoms with E-state index >= 15 is 0 Å². The summed E-state index contributed by atoms with van der Waals surface area (Å²) in [6.07, 6.45) is 0.649. The molecule has 0 saturated heterocycles. The molecule has 3 rings (SSSR count). The van der Waals surface area contributed by atoms with Crippen LogP contribution in [0.5, 0.6) is 5.75 Å². The zero-order valence-electron chi connectivity index (χ0n) is 28.1. The van der Waals surface area contributed by atoms with Gasteiger partial charge in [-0.2, -0.15) is 0 Å². The van der Waals surface area contributed by atoms with Crippen LogP contribution in [0.4, 0.5) is 4.79 Å². The van der Waals surface area contributed by atoms with E-state index in [2.05, 4.69) is 16.0 Å². The molecule has 0 aliphatic rings. The fourth-order valence-electron chi connectivity index (χ4n) is 4.78. The molecule has 3 N–H and O–H groups in total. The van der Waals surface area contributed by atoms with E-state index in [0.717, 1.165) is 16.7 Å². The molecule has 0 radical (unpaired) electrons. The highest BCUT2D eigenvalue weighted by Gasteiger charge is 2.31. The third-order valence-electron chi connectivity index (χ3n) is 7.02. The van der Waals surface area contributed by atoms with Crippen LogP contribution in [0, 0.1) is 5.92 Å². The molecule has 3 aromatic rings. The van der Waals surface area contributed by atoms with Gasteiger partial charge in [0.25, 0.3) is 0 Å². The lowest BCUT2D eigenvalue weighted by Gasteiger charge is -2.27. The summed E-state index contributed by atoms with van der Waals surface area (Å²) >= 11 is 0. The van der Waals surface area contributed by atoms with Gasteiger partial charge < -0.3 is 30.2 Å². The number of esters is 2. The molecule has 10 nitrogen and oxygen atoms in total. The quantitative estimate of drug-likeness (QED) is 0.195. The maximum Gasteiger partial charge on any atom is 0.329 e. The van der Waals surface area contributed by atoms with Crippen LogP contribution in [0.15, 0.2) is 84.9 Å². The van der Waals surface area contributed by atoms with Crippen molar-refractivity contribution in [3.63, 3.8) is 0 Å². The zero-order valence-corrected chi connectivity index (χ0v) is 28.1. The van der Waals surface area contributed by atoms with Gasteiger partial charge in [-0.3, -0.25) is 4.79 Å². The molecule has 0 fully saturated rings. The molecule has 0 heterocycles. The van der Waals surface area contributed by atoms with Crippen molar-refractivity contribution in [2.75, 3.05) is 7.11 Å². The van der Waals surface area contributed by atoms with Crippen LogP contribution in [0.25, 0.3) is 0 Å². The lowest BCUT2D eigenvalue weighted by atomic mass is 10.0. The molecule has 3 aromatic carbocycles. The summed E-state index contributed by atoms with van der Waals surface area (Å²) in [4.78, 5) is 52.6. The van der Waals surface area contributed by atoms with Crippen molar-refractivity contribution in [1.82, 2.24) is 16.0 Å². The largest absolute Gasteiger partial charge is 0.489 e. The van der Waals surface area contributed by atoms with E-state index in [4.69, 9.17) is 14.2 Å². The Bertz CT molecular complexity index is 1440. The number of benzene rings is 3. The highest BCUT2D eigenvalue weighted by molar-refractivity contribution is 5.91. The fraction of sp³-hybridized carbons (Fsp3) is 0.405. The molecule has 0 aromatic heterocycles. The van der Waals surface area contributed by atoms with Gasteiger partial charge in [-0.15, -0.1) is 0 Å². The van der Waals surface area contributed by atoms with E-state index in [1.54, 1.807) is 20.8 Å². The molecule has 0 bridgehead atoms. The van der Waals surface area contributed by atoms with Gasteiger partial charge in [0.15, 0.2) is 0 Å². The first-order valence-corrected chi connectivity index (χ1v) is 15.8. The Balaban J connectivity index is 1.72. The maximum absolute atomic E-state index is 13.7. The number of urea groups is 1. The molecule has 0 aliphatic heterocycles. The molecule has 3 atom stereocenters. The van der Waals surface area contributed by atoms with Crippen molar-refractivity contribution in [2.45, 2.75) is 84.2 Å². The summed E-state index contributed by atoms with van der Waals surface area (Å²) in [6.45, 7) is 9.51. The number of hydrogen-bond acceptors (Lipinski definition) is 7. The van der Waals surface area contributed by atoms with Crippen LogP contribution >= 0.6 is 0 Å². The van der Waals surface area contributed by atoms with E-state index < -0.39 is 47.6 Å². The van der Waals surface area contributed by atoms with Crippen LogP contribution in [-0.2, 0) is 43.3 Å². The van der Waals surface area contributed by atoms with Crippen molar-refractivity contribution >= 4 is 23.9 Å². The summed E-state index contributed by atoms with van der Waals surface area (Å²) in [5.41, 5.74) is 1.86. The van der Waals surface area contributed by atoms with Gasteiger partial charge >= 0.3 is 18.0 Å². The highest BCUT2D eigenvalue weighted by atomic mass is 16.6. The molecule has 10 heteroatoms. The second kappa shape index (κ2) is 17.7. The summed E-state index contributed by atoms with van der Waals surface area (Å²) in [5, 5.41) is 8.14. The Kier molecular flexibility index (Phi) is 13.8. The smallest absolute Gasteiger partial charge is 0.329 e. The summed E-state index contributed by atoms with van der Waals surface area (Å²) in [5.74, 6) is -1.08.